The number of aromatic nitrogens is 1. The largest absolute Gasteiger partial charge is 0.302 e. The normalized spacial score (nSPS) is 27.0. The second-order valence-electron chi connectivity index (χ2n) is 6.91. The van der Waals surface area contributed by atoms with Crippen LogP contribution in [0.1, 0.15) is 52.1 Å². The molecule has 0 spiro atoms. The van der Waals surface area contributed by atoms with Crippen molar-refractivity contribution in [3.63, 3.8) is 0 Å². The van der Waals surface area contributed by atoms with Crippen LogP contribution in [0.15, 0.2) is 17.0 Å². The zero-order valence-corrected chi connectivity index (χ0v) is 13.4. The molecule has 1 heterocycles. The fourth-order valence-electron chi connectivity index (χ4n) is 2.94. The Hall–Kier alpha value is -1.16. The molecule has 108 valence electrons. The van der Waals surface area contributed by atoms with E-state index < -0.39 is 0 Å². The van der Waals surface area contributed by atoms with Gasteiger partial charge in [-0.25, -0.2) is 4.98 Å². The molecule has 2 aliphatic rings. The Morgan fingerprint density at radius 2 is 2.15 bits per heavy atom. The molecule has 1 N–H and O–H groups in total. The predicted molar refractivity (Wildman–Crippen MR) is 82.9 cm³/mol. The van der Waals surface area contributed by atoms with Crippen LogP contribution in [-0.2, 0) is 4.79 Å². The second kappa shape index (κ2) is 4.69. The van der Waals surface area contributed by atoms with Crippen molar-refractivity contribution >= 4 is 22.4 Å². The molecule has 1 aromatic heterocycles. The van der Waals surface area contributed by atoms with Gasteiger partial charge < -0.3 is 5.32 Å². The predicted octanol–water partition coefficient (Wildman–Crippen LogP) is 4.20. The van der Waals surface area contributed by atoms with Crippen LogP contribution >= 0.6 is 11.3 Å². The van der Waals surface area contributed by atoms with Gasteiger partial charge in [-0.3, -0.25) is 4.79 Å². The van der Waals surface area contributed by atoms with Crippen molar-refractivity contribution in [1.82, 2.24) is 4.98 Å². The Labute approximate surface area is 124 Å². The highest BCUT2D eigenvalue weighted by atomic mass is 32.1. The van der Waals surface area contributed by atoms with Gasteiger partial charge in [0.15, 0.2) is 5.13 Å². The van der Waals surface area contributed by atoms with Crippen LogP contribution in [0, 0.1) is 17.3 Å². The molecule has 0 unspecified atom stereocenters. The Morgan fingerprint density at radius 3 is 2.75 bits per heavy atom. The summed E-state index contributed by atoms with van der Waals surface area (Å²) in [5.74, 6) is 1.20. The number of anilines is 1. The molecule has 20 heavy (non-hydrogen) atoms. The first-order valence-corrected chi connectivity index (χ1v) is 8.19. The number of nitrogens with one attached hydrogen (secondary N) is 1. The molecule has 1 amide bonds. The maximum atomic E-state index is 12.4. The molecule has 0 aliphatic heterocycles. The molecule has 3 nitrogen and oxygen atoms in total. The molecule has 0 bridgehead atoms. The van der Waals surface area contributed by atoms with Crippen LogP contribution in [0.5, 0.6) is 0 Å². The highest BCUT2D eigenvalue weighted by molar-refractivity contribution is 7.13. The van der Waals surface area contributed by atoms with Crippen molar-refractivity contribution in [2.24, 2.45) is 17.3 Å². The molecule has 2 aliphatic carbocycles. The molecule has 1 aromatic rings. The van der Waals surface area contributed by atoms with Gasteiger partial charge in [-0.15, -0.1) is 11.3 Å². The van der Waals surface area contributed by atoms with Crippen LogP contribution < -0.4 is 5.32 Å². The van der Waals surface area contributed by atoms with Gasteiger partial charge in [0.25, 0.3) is 0 Å². The number of hydrogen-bond acceptors (Lipinski definition) is 3. The van der Waals surface area contributed by atoms with E-state index in [4.69, 9.17) is 0 Å². The van der Waals surface area contributed by atoms with Crippen LogP contribution in [0.4, 0.5) is 5.13 Å². The van der Waals surface area contributed by atoms with Crippen LogP contribution in [0.2, 0.25) is 0 Å². The number of carbonyl (C=O) groups is 1. The van der Waals surface area contributed by atoms with Crippen LogP contribution in [0.3, 0.4) is 0 Å². The lowest BCUT2D eigenvalue weighted by atomic mass is 10.1. The molecule has 0 radical (unpaired) electrons. The lowest BCUT2D eigenvalue weighted by Crippen LogP contribution is -2.16. The lowest BCUT2D eigenvalue weighted by molar-refractivity contribution is -0.118. The third-order valence-corrected chi connectivity index (χ3v) is 5.23. The first-order chi connectivity index (χ1) is 9.39. The Kier molecular flexibility index (Phi) is 3.24. The first kappa shape index (κ1) is 13.8. The topological polar surface area (TPSA) is 42.0 Å². The third kappa shape index (κ3) is 2.53. The van der Waals surface area contributed by atoms with Crippen molar-refractivity contribution in [2.45, 2.75) is 46.5 Å². The van der Waals surface area contributed by atoms with E-state index in [1.165, 1.54) is 18.4 Å². The van der Waals surface area contributed by atoms with E-state index in [1.54, 1.807) is 11.3 Å². The Bertz CT molecular complexity index is 565. The SMILES string of the molecule is CC(C)=C[C@H]1[C@@H](C(=O)Nc2nc(C3CC3)cs2)C1(C)C. The average molecular weight is 290 g/mol. The summed E-state index contributed by atoms with van der Waals surface area (Å²) in [6, 6.07) is 0. The monoisotopic (exact) mass is 290 g/mol. The first-order valence-electron chi connectivity index (χ1n) is 7.31. The van der Waals surface area contributed by atoms with E-state index in [1.807, 2.05) is 0 Å². The number of amides is 1. The lowest BCUT2D eigenvalue weighted by Gasteiger charge is -2.02. The summed E-state index contributed by atoms with van der Waals surface area (Å²) >= 11 is 1.55. The standard InChI is InChI=1S/C16H22N2OS/c1-9(2)7-11-13(16(11,3)4)14(19)18-15-17-12(8-20-15)10-5-6-10/h7-8,10-11,13H,5-6H2,1-4H3,(H,17,18,19)/t11-,13-/m0/s1. The molecular formula is C16H22N2OS. The fourth-order valence-corrected chi connectivity index (χ4v) is 3.74. The summed E-state index contributed by atoms with van der Waals surface area (Å²) in [6.45, 7) is 8.51. The van der Waals surface area contributed by atoms with Gasteiger partial charge in [-0.2, -0.15) is 0 Å². The van der Waals surface area contributed by atoms with E-state index >= 15 is 0 Å². The van der Waals surface area contributed by atoms with E-state index in [-0.39, 0.29) is 17.2 Å². The van der Waals surface area contributed by atoms with Gasteiger partial charge in [0.1, 0.15) is 0 Å². The summed E-state index contributed by atoms with van der Waals surface area (Å²) < 4.78 is 0. The number of nitrogens with zero attached hydrogens (tertiary/aromatic N) is 1. The number of rotatable bonds is 4. The zero-order chi connectivity index (χ0) is 14.5. The third-order valence-electron chi connectivity index (χ3n) is 4.45. The molecule has 2 fully saturated rings. The Morgan fingerprint density at radius 1 is 1.45 bits per heavy atom. The van der Waals surface area contributed by atoms with Crippen molar-refractivity contribution in [2.75, 3.05) is 5.32 Å². The maximum Gasteiger partial charge on any atom is 0.230 e. The molecule has 2 atom stereocenters. The van der Waals surface area contributed by atoms with Crippen molar-refractivity contribution in [1.29, 1.82) is 0 Å². The summed E-state index contributed by atoms with van der Waals surface area (Å²) in [7, 11) is 0. The smallest absolute Gasteiger partial charge is 0.230 e. The van der Waals surface area contributed by atoms with Gasteiger partial charge in [0.2, 0.25) is 5.91 Å². The summed E-state index contributed by atoms with van der Waals surface area (Å²) in [6.07, 6.45) is 4.71. The van der Waals surface area contributed by atoms with Gasteiger partial charge in [-0.05, 0) is 38.0 Å². The molecule has 3 rings (SSSR count). The van der Waals surface area contributed by atoms with Crippen molar-refractivity contribution < 1.29 is 4.79 Å². The minimum atomic E-state index is 0.0674. The summed E-state index contributed by atoms with van der Waals surface area (Å²) in [4.78, 5) is 16.9. The van der Waals surface area contributed by atoms with Crippen molar-refractivity contribution in [3.05, 3.63) is 22.7 Å². The highest BCUT2D eigenvalue weighted by Gasteiger charge is 2.60. The minimum Gasteiger partial charge on any atom is -0.302 e. The molecule has 0 aromatic carbocycles. The Balaban J connectivity index is 1.65. The van der Waals surface area contributed by atoms with Crippen LogP contribution in [0.25, 0.3) is 0 Å². The number of carbonyl (C=O) groups excluding carboxylic acids is 1. The quantitative estimate of drug-likeness (QED) is 0.844. The van der Waals surface area contributed by atoms with Gasteiger partial charge in [0, 0.05) is 11.3 Å². The van der Waals surface area contributed by atoms with E-state index in [0.29, 0.717) is 11.8 Å². The van der Waals surface area contributed by atoms with E-state index in [9.17, 15) is 4.79 Å². The van der Waals surface area contributed by atoms with Gasteiger partial charge in [-0.1, -0.05) is 25.5 Å². The number of hydrogen-bond donors (Lipinski definition) is 1. The van der Waals surface area contributed by atoms with Crippen molar-refractivity contribution in [3.8, 4) is 0 Å². The molecular weight excluding hydrogens is 268 g/mol. The van der Waals surface area contributed by atoms with E-state index in [0.717, 1.165) is 10.8 Å². The summed E-state index contributed by atoms with van der Waals surface area (Å²) in [5, 5.41) is 5.85. The highest BCUT2D eigenvalue weighted by Crippen LogP contribution is 2.59. The van der Waals surface area contributed by atoms with Gasteiger partial charge in [0.05, 0.1) is 11.6 Å². The average Bonchev–Trinajstić information content (AvgIpc) is 3.20. The minimum absolute atomic E-state index is 0.0674. The molecule has 0 saturated heterocycles. The van der Waals surface area contributed by atoms with Crippen LogP contribution in [-0.4, -0.2) is 10.9 Å². The zero-order valence-electron chi connectivity index (χ0n) is 12.6. The second-order valence-corrected chi connectivity index (χ2v) is 7.77. The molecule has 4 heteroatoms. The fraction of sp³-hybridized carbons (Fsp3) is 0.625. The van der Waals surface area contributed by atoms with Gasteiger partial charge >= 0.3 is 0 Å². The number of allylic oxidation sites excluding steroid dienone is 2. The van der Waals surface area contributed by atoms with E-state index in [2.05, 4.69) is 49.5 Å². The maximum absolute atomic E-state index is 12.4. The summed E-state index contributed by atoms with van der Waals surface area (Å²) in [5.41, 5.74) is 2.50. The number of thiazole rings is 1. The molecule has 2 saturated carbocycles.